The molecule has 0 aliphatic heterocycles. The molecule has 0 radical (unpaired) electrons. The van der Waals surface area contributed by atoms with Gasteiger partial charge in [-0.1, -0.05) is 12.1 Å². The summed E-state index contributed by atoms with van der Waals surface area (Å²) < 4.78 is 0. The van der Waals surface area contributed by atoms with Crippen molar-refractivity contribution in [3.63, 3.8) is 0 Å². The van der Waals surface area contributed by atoms with E-state index in [1.807, 2.05) is 18.2 Å². The van der Waals surface area contributed by atoms with Gasteiger partial charge in [-0.3, -0.25) is 0 Å². The molecule has 1 aromatic carbocycles. The molecule has 0 atom stereocenters. The number of thioether (sulfide) groups is 1. The van der Waals surface area contributed by atoms with Crippen LogP contribution in [0.2, 0.25) is 0 Å². The Morgan fingerprint density at radius 3 is 2.30 bits per heavy atom. The summed E-state index contributed by atoms with van der Waals surface area (Å²) in [4.78, 5) is 2.30. The van der Waals surface area contributed by atoms with Gasteiger partial charge in [0.1, 0.15) is 0 Å². The number of rotatable bonds is 1. The second-order valence-electron chi connectivity index (χ2n) is 1.67. The second-order valence-corrected chi connectivity index (χ2v) is 3.00. The Kier molecular flexibility index (Phi) is 5.51. The molecule has 1 rings (SSSR count). The maximum Gasteiger partial charge on any atom is 0.0203 e. The van der Waals surface area contributed by atoms with E-state index in [1.54, 1.807) is 11.8 Å². The number of benzene rings is 1. The summed E-state index contributed by atoms with van der Waals surface area (Å²) in [6, 6.07) is 8.07. The summed E-state index contributed by atoms with van der Waals surface area (Å²) in [5, 5.41) is 0. The molecule has 0 amide bonds. The van der Waals surface area contributed by atoms with Crippen LogP contribution in [0.3, 0.4) is 0 Å². The average Bonchev–Trinajstić information content (AvgIpc) is 1.89. The van der Waals surface area contributed by atoms with Crippen molar-refractivity contribution in [3.05, 3.63) is 24.3 Å². The third-order valence-electron chi connectivity index (χ3n) is 1.09. The fourth-order valence-electron chi connectivity index (χ4n) is 0.630. The average molecular weight is 222 g/mol. The first kappa shape index (κ1) is 10.5. The first-order chi connectivity index (χ1) is 4.34. The molecule has 0 heterocycles. The van der Waals surface area contributed by atoms with Gasteiger partial charge in [-0.05, 0) is 18.4 Å². The van der Waals surface area contributed by atoms with Gasteiger partial charge in [-0.25, -0.2) is 0 Å². The van der Waals surface area contributed by atoms with Gasteiger partial charge in [-0.15, -0.1) is 24.4 Å². The first-order valence-electron chi connectivity index (χ1n) is 2.66. The molecule has 1 aromatic rings. The van der Waals surface area contributed by atoms with Crippen molar-refractivity contribution < 1.29 is 19.5 Å². The van der Waals surface area contributed by atoms with Crippen LogP contribution < -0.4 is 0 Å². The SMILES string of the molecule is CSc1ccccc1S.[Zn]. The Hall–Kier alpha value is 0.543. The maximum absolute atomic E-state index is 4.26. The van der Waals surface area contributed by atoms with Crippen molar-refractivity contribution in [3.8, 4) is 0 Å². The summed E-state index contributed by atoms with van der Waals surface area (Å²) in [7, 11) is 0. The van der Waals surface area contributed by atoms with Crippen LogP contribution >= 0.6 is 24.4 Å². The van der Waals surface area contributed by atoms with Crippen LogP contribution in [-0.2, 0) is 19.5 Å². The molecule has 0 unspecified atom stereocenters. The molecule has 3 heteroatoms. The van der Waals surface area contributed by atoms with Gasteiger partial charge in [0, 0.05) is 29.3 Å². The fraction of sp³-hybridized carbons (Fsp3) is 0.143. The van der Waals surface area contributed by atoms with Crippen LogP contribution in [0.1, 0.15) is 0 Å². The molecule has 0 bridgehead atoms. The summed E-state index contributed by atoms with van der Waals surface area (Å²) in [5.41, 5.74) is 0. The van der Waals surface area contributed by atoms with E-state index in [0.29, 0.717) is 0 Å². The maximum atomic E-state index is 4.26. The zero-order chi connectivity index (χ0) is 6.69. The van der Waals surface area contributed by atoms with E-state index in [9.17, 15) is 0 Å². The molecule has 0 spiro atoms. The van der Waals surface area contributed by atoms with Crippen LogP contribution in [0.15, 0.2) is 34.1 Å². The van der Waals surface area contributed by atoms with E-state index in [1.165, 1.54) is 4.90 Å². The van der Waals surface area contributed by atoms with E-state index in [2.05, 4.69) is 25.0 Å². The van der Waals surface area contributed by atoms with Crippen molar-refractivity contribution in [2.45, 2.75) is 9.79 Å². The predicted octanol–water partition coefficient (Wildman–Crippen LogP) is 2.69. The van der Waals surface area contributed by atoms with Crippen LogP contribution in [0.25, 0.3) is 0 Å². The monoisotopic (exact) mass is 220 g/mol. The van der Waals surface area contributed by atoms with Gasteiger partial charge >= 0.3 is 0 Å². The quantitative estimate of drug-likeness (QED) is 0.432. The van der Waals surface area contributed by atoms with E-state index in [-0.39, 0.29) is 19.5 Å². The van der Waals surface area contributed by atoms with Gasteiger partial charge in [0.15, 0.2) is 0 Å². The topological polar surface area (TPSA) is 0 Å². The van der Waals surface area contributed by atoms with Crippen molar-refractivity contribution in [2.24, 2.45) is 0 Å². The van der Waals surface area contributed by atoms with Crippen LogP contribution in [0.5, 0.6) is 0 Å². The minimum atomic E-state index is 0. The number of hydrogen-bond acceptors (Lipinski definition) is 2. The van der Waals surface area contributed by atoms with Crippen LogP contribution in [0, 0.1) is 0 Å². The summed E-state index contributed by atoms with van der Waals surface area (Å²) in [6.45, 7) is 0. The fourth-order valence-corrected chi connectivity index (χ4v) is 1.56. The van der Waals surface area contributed by atoms with E-state index < -0.39 is 0 Å². The predicted molar refractivity (Wildman–Crippen MR) is 45.5 cm³/mol. The van der Waals surface area contributed by atoms with Gasteiger partial charge in [-0.2, -0.15) is 0 Å². The minimum absolute atomic E-state index is 0. The zero-order valence-electron chi connectivity index (χ0n) is 5.87. The third kappa shape index (κ3) is 2.65. The molecule has 0 aromatic heterocycles. The molecule has 0 N–H and O–H groups in total. The first-order valence-corrected chi connectivity index (χ1v) is 4.34. The zero-order valence-corrected chi connectivity index (χ0v) is 10.6. The van der Waals surface area contributed by atoms with Gasteiger partial charge < -0.3 is 0 Å². The van der Waals surface area contributed by atoms with Gasteiger partial charge in [0.25, 0.3) is 0 Å². The van der Waals surface area contributed by atoms with Gasteiger partial charge in [0.2, 0.25) is 0 Å². The van der Waals surface area contributed by atoms with E-state index in [4.69, 9.17) is 0 Å². The van der Waals surface area contributed by atoms with Crippen LogP contribution in [0.4, 0.5) is 0 Å². The number of hydrogen-bond donors (Lipinski definition) is 1. The third-order valence-corrected chi connectivity index (χ3v) is 2.42. The van der Waals surface area contributed by atoms with Crippen molar-refractivity contribution in [2.75, 3.05) is 6.26 Å². The molecule has 10 heavy (non-hydrogen) atoms. The molecule has 50 valence electrons. The molecule has 0 aliphatic rings. The second kappa shape index (κ2) is 5.23. The van der Waals surface area contributed by atoms with E-state index in [0.717, 1.165) is 4.90 Å². The Labute approximate surface area is 84.0 Å². The molecule has 0 nitrogen and oxygen atoms in total. The van der Waals surface area contributed by atoms with Crippen molar-refractivity contribution in [1.29, 1.82) is 0 Å². The Balaban J connectivity index is 0.000000810. The Morgan fingerprint density at radius 1 is 1.30 bits per heavy atom. The molecule has 0 saturated heterocycles. The molecule has 0 aliphatic carbocycles. The Bertz CT molecular complexity index is 201. The normalized spacial score (nSPS) is 8.60. The standard InChI is InChI=1S/C7H8S2.Zn/c1-9-7-5-3-2-4-6(7)8;/h2-5,8H,1H3;. The largest absolute Gasteiger partial charge is 0.142 e. The molecule has 0 saturated carbocycles. The molecule has 0 fully saturated rings. The van der Waals surface area contributed by atoms with E-state index >= 15 is 0 Å². The smallest absolute Gasteiger partial charge is 0.0203 e. The molecular weight excluding hydrogens is 214 g/mol. The number of thiol groups is 1. The van der Waals surface area contributed by atoms with Crippen molar-refractivity contribution in [1.82, 2.24) is 0 Å². The summed E-state index contributed by atoms with van der Waals surface area (Å²) in [5.74, 6) is 0. The molecular formula is C7H8S2Zn. The summed E-state index contributed by atoms with van der Waals surface area (Å²) >= 11 is 5.98. The van der Waals surface area contributed by atoms with Crippen LogP contribution in [-0.4, -0.2) is 6.26 Å². The van der Waals surface area contributed by atoms with Crippen molar-refractivity contribution >= 4 is 24.4 Å². The Morgan fingerprint density at radius 2 is 1.90 bits per heavy atom. The van der Waals surface area contributed by atoms with Gasteiger partial charge in [0.05, 0.1) is 0 Å². The minimum Gasteiger partial charge on any atom is -0.142 e. The summed E-state index contributed by atoms with van der Waals surface area (Å²) in [6.07, 6.45) is 2.05.